The fraction of sp³-hybridized carbons (Fsp3) is 0.154. The number of hydrogen-bond acceptors (Lipinski definition) is 4. The molecule has 4 rings (SSSR count). The number of ether oxygens (including phenoxy) is 2. The quantitative estimate of drug-likeness (QED) is 0.433. The van der Waals surface area contributed by atoms with E-state index in [0.29, 0.717) is 38.9 Å². The number of rotatable bonds is 7. The number of ketones is 1. The van der Waals surface area contributed by atoms with Crippen LogP contribution >= 0.6 is 11.6 Å². The molecule has 2 N–H and O–H groups in total. The van der Waals surface area contributed by atoms with Crippen molar-refractivity contribution in [1.29, 1.82) is 0 Å². The minimum absolute atomic E-state index is 0.222. The fourth-order valence-electron chi connectivity index (χ4n) is 3.73. The molecule has 0 aromatic heterocycles. The van der Waals surface area contributed by atoms with Crippen molar-refractivity contribution in [3.63, 3.8) is 0 Å². The molecule has 8 heteroatoms. The van der Waals surface area contributed by atoms with Crippen LogP contribution in [0, 0.1) is 5.82 Å². The van der Waals surface area contributed by atoms with Gasteiger partial charge in [0.05, 0.1) is 13.2 Å². The molecule has 0 saturated carbocycles. The molecule has 1 aliphatic rings. The molecule has 0 aliphatic carbocycles. The number of methoxy groups -OCH3 is 1. The molecular weight excluding hydrogens is 459 g/mol. The molecule has 1 aliphatic heterocycles. The van der Waals surface area contributed by atoms with Gasteiger partial charge in [0.15, 0.2) is 17.3 Å². The van der Waals surface area contributed by atoms with Crippen LogP contribution < -0.4 is 20.1 Å². The lowest BCUT2D eigenvalue weighted by molar-refractivity contribution is 0.102. The lowest BCUT2D eigenvalue weighted by Gasteiger charge is -2.29. The van der Waals surface area contributed by atoms with Gasteiger partial charge in [-0.1, -0.05) is 29.8 Å². The zero-order valence-corrected chi connectivity index (χ0v) is 19.3. The average molecular weight is 481 g/mol. The van der Waals surface area contributed by atoms with Crippen LogP contribution in [0.2, 0.25) is 5.02 Å². The normalized spacial score (nSPS) is 15.4. The molecule has 0 radical (unpaired) electrons. The van der Waals surface area contributed by atoms with Gasteiger partial charge in [-0.15, -0.1) is 0 Å². The monoisotopic (exact) mass is 480 g/mol. The van der Waals surface area contributed by atoms with Gasteiger partial charge in [-0.05, 0) is 66.6 Å². The Balaban J connectivity index is 1.63. The Morgan fingerprint density at radius 3 is 2.41 bits per heavy atom. The first-order chi connectivity index (χ1) is 16.4. The number of nitrogens with one attached hydrogen (secondary N) is 2. The van der Waals surface area contributed by atoms with Crippen molar-refractivity contribution in [3.05, 3.63) is 106 Å². The van der Waals surface area contributed by atoms with Crippen molar-refractivity contribution >= 4 is 23.4 Å². The Bertz CT molecular complexity index is 1260. The molecule has 6 nitrogen and oxygen atoms in total. The second-order valence-corrected chi connectivity index (χ2v) is 8.17. The topological polar surface area (TPSA) is 76.7 Å². The summed E-state index contributed by atoms with van der Waals surface area (Å²) in [6.07, 6.45) is 0. The first-order valence-electron chi connectivity index (χ1n) is 10.5. The molecule has 2 amide bonds. The van der Waals surface area contributed by atoms with Gasteiger partial charge < -0.3 is 20.1 Å². The molecule has 3 aromatic carbocycles. The van der Waals surface area contributed by atoms with Crippen LogP contribution in [0.5, 0.6) is 11.5 Å². The van der Waals surface area contributed by atoms with Crippen LogP contribution in [0.15, 0.2) is 78.0 Å². The van der Waals surface area contributed by atoms with Crippen molar-refractivity contribution in [2.45, 2.75) is 19.6 Å². The summed E-state index contributed by atoms with van der Waals surface area (Å²) in [6.45, 7) is 1.91. The summed E-state index contributed by atoms with van der Waals surface area (Å²) in [5, 5.41) is 6.02. The number of halogens is 2. The zero-order chi connectivity index (χ0) is 24.2. The summed E-state index contributed by atoms with van der Waals surface area (Å²) in [5.41, 5.74) is 2.77. The van der Waals surface area contributed by atoms with E-state index in [2.05, 4.69) is 10.6 Å². The fourth-order valence-corrected chi connectivity index (χ4v) is 3.85. The van der Waals surface area contributed by atoms with Gasteiger partial charge in [-0.25, -0.2) is 9.18 Å². The third-order valence-corrected chi connectivity index (χ3v) is 5.70. The van der Waals surface area contributed by atoms with Gasteiger partial charge in [-0.2, -0.15) is 0 Å². The highest BCUT2D eigenvalue weighted by Gasteiger charge is 2.32. The van der Waals surface area contributed by atoms with Crippen molar-refractivity contribution in [2.24, 2.45) is 0 Å². The van der Waals surface area contributed by atoms with E-state index in [4.69, 9.17) is 21.1 Å². The molecule has 0 unspecified atom stereocenters. The van der Waals surface area contributed by atoms with Crippen molar-refractivity contribution in [2.75, 3.05) is 7.11 Å². The van der Waals surface area contributed by atoms with Gasteiger partial charge in [0, 0.05) is 21.9 Å². The number of Topliss-reactive ketones (excluding diaryl/α,β-unsaturated/α-hetero) is 1. The van der Waals surface area contributed by atoms with Crippen molar-refractivity contribution in [1.82, 2.24) is 10.6 Å². The van der Waals surface area contributed by atoms with Crippen LogP contribution in [-0.2, 0) is 6.61 Å². The highest BCUT2D eigenvalue weighted by Crippen LogP contribution is 2.35. The summed E-state index contributed by atoms with van der Waals surface area (Å²) < 4.78 is 24.5. The first-order valence-corrected chi connectivity index (χ1v) is 10.9. The van der Waals surface area contributed by atoms with Crippen LogP contribution in [0.4, 0.5) is 9.18 Å². The molecule has 1 heterocycles. The summed E-state index contributed by atoms with van der Waals surface area (Å²) in [7, 11) is 1.51. The molecule has 3 aromatic rings. The smallest absolute Gasteiger partial charge is 0.319 e. The maximum absolute atomic E-state index is 13.3. The third kappa shape index (κ3) is 5.05. The molecule has 1 atom stereocenters. The van der Waals surface area contributed by atoms with E-state index >= 15 is 0 Å². The minimum Gasteiger partial charge on any atom is -0.493 e. The third-order valence-electron chi connectivity index (χ3n) is 5.45. The minimum atomic E-state index is -0.697. The molecule has 0 fully saturated rings. The van der Waals surface area contributed by atoms with E-state index in [-0.39, 0.29) is 18.2 Å². The van der Waals surface area contributed by atoms with Crippen molar-refractivity contribution < 1.29 is 23.5 Å². The highest BCUT2D eigenvalue weighted by atomic mass is 35.5. The lowest BCUT2D eigenvalue weighted by Crippen LogP contribution is -2.45. The summed E-state index contributed by atoms with van der Waals surface area (Å²) in [4.78, 5) is 25.6. The molecular formula is C26H22ClFN2O4. The summed E-state index contributed by atoms with van der Waals surface area (Å²) >= 11 is 5.96. The second kappa shape index (κ2) is 9.97. The molecule has 0 spiro atoms. The standard InChI is InChI=1S/C26H22ClFN2O4/c1-15-23(25(31)17-5-8-19(27)9-6-17)24(30-26(32)29-15)18-7-12-21(22(13-18)33-2)34-14-16-3-10-20(28)11-4-16/h3-13,24H,14H2,1-2H3,(H2,29,30,32)/t24-/m0/s1. The van der Waals surface area contributed by atoms with E-state index < -0.39 is 12.1 Å². The predicted molar refractivity (Wildman–Crippen MR) is 127 cm³/mol. The zero-order valence-electron chi connectivity index (χ0n) is 18.5. The number of carbonyl (C=O) groups excluding carboxylic acids is 2. The maximum Gasteiger partial charge on any atom is 0.319 e. The van der Waals surface area contributed by atoms with Crippen LogP contribution in [0.1, 0.15) is 34.5 Å². The van der Waals surface area contributed by atoms with Crippen LogP contribution in [0.3, 0.4) is 0 Å². The second-order valence-electron chi connectivity index (χ2n) is 7.73. The lowest BCUT2D eigenvalue weighted by atomic mass is 9.89. The van der Waals surface area contributed by atoms with Crippen LogP contribution in [0.25, 0.3) is 0 Å². The number of urea groups is 1. The molecule has 0 saturated heterocycles. The van der Waals surface area contributed by atoms with E-state index in [0.717, 1.165) is 5.56 Å². The Morgan fingerprint density at radius 2 is 1.74 bits per heavy atom. The maximum atomic E-state index is 13.3. The number of carbonyl (C=O) groups is 2. The molecule has 174 valence electrons. The van der Waals surface area contributed by atoms with Gasteiger partial charge in [0.2, 0.25) is 0 Å². The number of allylic oxidation sites excluding steroid dienone is 1. The highest BCUT2D eigenvalue weighted by molar-refractivity contribution is 6.30. The summed E-state index contributed by atoms with van der Waals surface area (Å²) in [6, 6.07) is 16.7. The average Bonchev–Trinajstić information content (AvgIpc) is 2.83. The van der Waals surface area contributed by atoms with Gasteiger partial charge >= 0.3 is 6.03 Å². The Morgan fingerprint density at radius 1 is 1.03 bits per heavy atom. The number of benzene rings is 3. The van der Waals surface area contributed by atoms with E-state index in [1.54, 1.807) is 61.5 Å². The Labute approximate surface area is 201 Å². The van der Waals surface area contributed by atoms with Gasteiger partial charge in [0.1, 0.15) is 12.4 Å². The Hall–Kier alpha value is -3.84. The van der Waals surface area contributed by atoms with Crippen molar-refractivity contribution in [3.8, 4) is 11.5 Å². The first kappa shape index (κ1) is 23.3. The largest absolute Gasteiger partial charge is 0.493 e. The van der Waals surface area contributed by atoms with Crippen LogP contribution in [-0.4, -0.2) is 18.9 Å². The number of hydrogen-bond donors (Lipinski definition) is 2. The van der Waals surface area contributed by atoms with Gasteiger partial charge in [0.25, 0.3) is 0 Å². The van der Waals surface area contributed by atoms with E-state index in [1.807, 2.05) is 0 Å². The SMILES string of the molecule is COc1cc([C@@H]2NC(=O)NC(C)=C2C(=O)c2ccc(Cl)cc2)ccc1OCc1ccc(F)cc1. The van der Waals surface area contributed by atoms with E-state index in [9.17, 15) is 14.0 Å². The predicted octanol–water partition coefficient (Wildman–Crippen LogP) is 5.58. The molecule has 0 bridgehead atoms. The van der Waals surface area contributed by atoms with Gasteiger partial charge in [-0.3, -0.25) is 4.79 Å². The number of amides is 2. The Kier molecular flexibility index (Phi) is 6.84. The van der Waals surface area contributed by atoms with E-state index in [1.165, 1.54) is 19.2 Å². The summed E-state index contributed by atoms with van der Waals surface area (Å²) in [5.74, 6) is 0.356. The molecule has 34 heavy (non-hydrogen) atoms.